The van der Waals surface area contributed by atoms with Crippen molar-refractivity contribution in [1.82, 2.24) is 9.21 Å². The van der Waals surface area contributed by atoms with E-state index in [1.807, 2.05) is 4.90 Å². The van der Waals surface area contributed by atoms with Crippen molar-refractivity contribution in [2.24, 2.45) is 17.3 Å². The van der Waals surface area contributed by atoms with E-state index < -0.39 is 10.0 Å². The Bertz CT molecular complexity index is 1010. The van der Waals surface area contributed by atoms with Crippen LogP contribution in [-0.2, 0) is 14.8 Å². The Morgan fingerprint density at radius 3 is 2.25 bits per heavy atom. The molecule has 1 saturated heterocycles. The number of nitrogens with zero attached hydrogens (tertiary/aromatic N) is 2. The van der Waals surface area contributed by atoms with Gasteiger partial charge in [0.25, 0.3) is 0 Å². The normalized spacial score (nSPS) is 34.5. The molecule has 4 bridgehead atoms. The minimum atomic E-state index is -3.77. The number of alkyl halides is 1. The van der Waals surface area contributed by atoms with Crippen LogP contribution in [0.1, 0.15) is 38.5 Å². The monoisotopic (exact) mass is 482 g/mol. The molecule has 1 aromatic carbocycles. The molecule has 1 amide bonds. The standard InChI is InChI=1S/C23H31ClN2O5S/c1-30-18-3-4-19(31-2)20(10-18)32(28,29)26-7-5-25(6-8-26)21(27)22-11-16-9-17(12-22)14-23(24,13-16)15-22/h3-4,10,16-17H,5-9,11-15H2,1-2H3/t16-,17-,22?,23?/m1/s1. The van der Waals surface area contributed by atoms with Gasteiger partial charge >= 0.3 is 0 Å². The fraction of sp³-hybridized carbons (Fsp3) is 0.696. The first-order valence-corrected chi connectivity index (χ1v) is 13.2. The van der Waals surface area contributed by atoms with Crippen LogP contribution in [0.15, 0.2) is 23.1 Å². The minimum absolute atomic E-state index is 0.0873. The summed E-state index contributed by atoms with van der Waals surface area (Å²) in [6.45, 7) is 1.33. The van der Waals surface area contributed by atoms with E-state index in [0.29, 0.717) is 30.7 Å². The van der Waals surface area contributed by atoms with Gasteiger partial charge in [0.05, 0.1) is 19.6 Å². The second-order valence-electron chi connectivity index (χ2n) is 10.1. The highest BCUT2D eigenvalue weighted by molar-refractivity contribution is 7.89. The highest BCUT2D eigenvalue weighted by Crippen LogP contribution is 2.64. The Morgan fingerprint density at radius 2 is 1.69 bits per heavy atom. The molecule has 0 radical (unpaired) electrons. The van der Waals surface area contributed by atoms with Crippen molar-refractivity contribution in [2.75, 3.05) is 40.4 Å². The average Bonchev–Trinajstić information content (AvgIpc) is 2.76. The lowest BCUT2D eigenvalue weighted by Crippen LogP contribution is -2.61. The molecule has 9 heteroatoms. The molecule has 4 aliphatic carbocycles. The van der Waals surface area contributed by atoms with Crippen molar-refractivity contribution in [1.29, 1.82) is 0 Å². The molecule has 1 aliphatic heterocycles. The summed E-state index contributed by atoms with van der Waals surface area (Å²) in [5.41, 5.74) is -0.344. The molecule has 2 atom stereocenters. The van der Waals surface area contributed by atoms with Gasteiger partial charge in [-0.3, -0.25) is 4.79 Å². The van der Waals surface area contributed by atoms with Crippen molar-refractivity contribution in [3.8, 4) is 11.5 Å². The summed E-state index contributed by atoms with van der Waals surface area (Å²) < 4.78 is 38.6. The van der Waals surface area contributed by atoms with Gasteiger partial charge in [-0.2, -0.15) is 4.31 Å². The molecule has 176 valence electrons. The fourth-order valence-corrected chi connectivity index (χ4v) is 9.28. The van der Waals surface area contributed by atoms with E-state index in [2.05, 4.69) is 0 Å². The average molecular weight is 483 g/mol. The smallest absolute Gasteiger partial charge is 0.247 e. The van der Waals surface area contributed by atoms with E-state index in [1.54, 1.807) is 12.1 Å². The summed E-state index contributed by atoms with van der Waals surface area (Å²) in [5, 5.41) is 0. The molecule has 32 heavy (non-hydrogen) atoms. The Labute approximate surface area is 195 Å². The lowest BCUT2D eigenvalue weighted by Gasteiger charge is -2.60. The van der Waals surface area contributed by atoms with E-state index in [4.69, 9.17) is 21.1 Å². The van der Waals surface area contributed by atoms with Crippen molar-refractivity contribution in [3.63, 3.8) is 0 Å². The number of carbonyl (C=O) groups is 1. The minimum Gasteiger partial charge on any atom is -0.497 e. The fourth-order valence-electron chi connectivity index (χ4n) is 6.99. The van der Waals surface area contributed by atoms with Gasteiger partial charge in [0.2, 0.25) is 15.9 Å². The van der Waals surface area contributed by atoms with E-state index in [-0.39, 0.29) is 39.9 Å². The SMILES string of the molecule is COc1ccc(OC)c(S(=O)(=O)N2CCN(C(=O)C34C[C@H]5C[C@@H](CC(Cl)(C5)C3)C4)CC2)c1. The number of sulfonamides is 1. The van der Waals surface area contributed by atoms with Crippen LogP contribution in [-0.4, -0.2) is 68.8 Å². The first kappa shape index (κ1) is 22.3. The van der Waals surface area contributed by atoms with Crippen LogP contribution in [0.2, 0.25) is 0 Å². The zero-order chi connectivity index (χ0) is 22.7. The van der Waals surface area contributed by atoms with Gasteiger partial charge in [-0.1, -0.05) is 0 Å². The Kier molecular flexibility index (Phi) is 5.42. The lowest BCUT2D eigenvalue weighted by atomic mass is 9.49. The summed E-state index contributed by atoms with van der Waals surface area (Å²) in [6, 6.07) is 4.76. The van der Waals surface area contributed by atoms with E-state index in [9.17, 15) is 13.2 Å². The summed E-state index contributed by atoms with van der Waals surface area (Å²) >= 11 is 6.93. The van der Waals surface area contributed by atoms with E-state index in [0.717, 1.165) is 32.1 Å². The Hall–Kier alpha value is -1.51. The maximum absolute atomic E-state index is 13.7. The number of methoxy groups -OCH3 is 2. The number of hydrogen-bond acceptors (Lipinski definition) is 5. The molecule has 0 unspecified atom stereocenters. The zero-order valence-corrected chi connectivity index (χ0v) is 20.3. The second kappa shape index (κ2) is 7.77. The van der Waals surface area contributed by atoms with Gasteiger partial charge in [-0.25, -0.2) is 8.42 Å². The largest absolute Gasteiger partial charge is 0.497 e. The number of benzene rings is 1. The van der Waals surface area contributed by atoms with Crippen molar-refractivity contribution in [3.05, 3.63) is 18.2 Å². The maximum Gasteiger partial charge on any atom is 0.247 e. The van der Waals surface area contributed by atoms with Crippen LogP contribution in [0.4, 0.5) is 0 Å². The third-order valence-electron chi connectivity index (χ3n) is 7.96. The van der Waals surface area contributed by atoms with Gasteiger partial charge in [0, 0.05) is 37.1 Å². The number of rotatable bonds is 5. The van der Waals surface area contributed by atoms with Crippen LogP contribution < -0.4 is 9.47 Å². The van der Waals surface area contributed by atoms with E-state index >= 15 is 0 Å². The third-order valence-corrected chi connectivity index (χ3v) is 10.3. The predicted molar refractivity (Wildman–Crippen MR) is 121 cm³/mol. The number of carbonyl (C=O) groups excluding carboxylic acids is 1. The topological polar surface area (TPSA) is 76.2 Å². The van der Waals surface area contributed by atoms with Crippen LogP contribution in [0.5, 0.6) is 11.5 Å². The molecule has 5 aliphatic rings. The molecule has 4 saturated carbocycles. The quantitative estimate of drug-likeness (QED) is 0.603. The van der Waals surface area contributed by atoms with Crippen LogP contribution in [0, 0.1) is 17.3 Å². The number of ether oxygens (including phenoxy) is 2. The van der Waals surface area contributed by atoms with E-state index in [1.165, 1.54) is 31.0 Å². The van der Waals surface area contributed by atoms with Crippen molar-refractivity contribution in [2.45, 2.75) is 48.3 Å². The molecule has 6 rings (SSSR count). The Morgan fingerprint density at radius 1 is 1.03 bits per heavy atom. The molecular formula is C23H31ClN2O5S. The Balaban J connectivity index is 1.31. The van der Waals surface area contributed by atoms with Crippen molar-refractivity contribution < 1.29 is 22.7 Å². The van der Waals surface area contributed by atoms with Crippen LogP contribution in [0.3, 0.4) is 0 Å². The van der Waals surface area contributed by atoms with Gasteiger partial charge in [-0.05, 0) is 62.5 Å². The maximum atomic E-state index is 13.7. The number of halogens is 1. The molecule has 7 nitrogen and oxygen atoms in total. The van der Waals surface area contributed by atoms with Gasteiger partial charge < -0.3 is 14.4 Å². The number of hydrogen-bond donors (Lipinski definition) is 0. The van der Waals surface area contributed by atoms with Gasteiger partial charge in [0.1, 0.15) is 16.4 Å². The molecular weight excluding hydrogens is 452 g/mol. The molecule has 0 N–H and O–H groups in total. The van der Waals surface area contributed by atoms with Crippen LogP contribution >= 0.6 is 11.6 Å². The lowest BCUT2D eigenvalue weighted by molar-refractivity contribution is -0.157. The summed E-state index contributed by atoms with van der Waals surface area (Å²) in [7, 11) is -0.823. The molecule has 0 spiro atoms. The molecule has 1 heterocycles. The highest BCUT2D eigenvalue weighted by atomic mass is 35.5. The predicted octanol–water partition coefficient (Wildman–Crippen LogP) is 3.11. The number of piperazine rings is 1. The highest BCUT2D eigenvalue weighted by Gasteiger charge is 2.60. The number of amides is 1. The molecule has 0 aromatic heterocycles. The first-order chi connectivity index (χ1) is 15.2. The molecule has 1 aromatic rings. The zero-order valence-electron chi connectivity index (χ0n) is 18.7. The van der Waals surface area contributed by atoms with Crippen molar-refractivity contribution >= 4 is 27.5 Å². The molecule has 5 fully saturated rings. The second-order valence-corrected chi connectivity index (χ2v) is 12.8. The van der Waals surface area contributed by atoms with Gasteiger partial charge in [-0.15, -0.1) is 11.6 Å². The van der Waals surface area contributed by atoms with Crippen LogP contribution in [0.25, 0.3) is 0 Å². The first-order valence-electron chi connectivity index (χ1n) is 11.4. The van der Waals surface area contributed by atoms with Gasteiger partial charge in [0.15, 0.2) is 0 Å². The summed E-state index contributed by atoms with van der Waals surface area (Å²) in [5.74, 6) is 2.03. The third kappa shape index (κ3) is 3.59. The summed E-state index contributed by atoms with van der Waals surface area (Å²) in [4.78, 5) is 15.4. The summed E-state index contributed by atoms with van der Waals surface area (Å²) in [6.07, 6.45) is 5.93.